The van der Waals surface area contributed by atoms with Crippen LogP contribution in [0, 0.1) is 18.3 Å². The molecule has 1 aromatic heterocycles. The average Bonchev–Trinajstić information content (AvgIpc) is 2.75. The van der Waals surface area contributed by atoms with Crippen molar-refractivity contribution in [2.75, 3.05) is 6.61 Å². The minimum Gasteiger partial charge on any atom is -0.493 e. The first-order chi connectivity index (χ1) is 8.70. The van der Waals surface area contributed by atoms with Gasteiger partial charge >= 0.3 is 0 Å². The summed E-state index contributed by atoms with van der Waals surface area (Å²) in [6, 6.07) is 7.47. The van der Waals surface area contributed by atoms with Crippen LogP contribution in [0.3, 0.4) is 0 Å². The zero-order valence-electron chi connectivity index (χ0n) is 9.81. The lowest BCUT2D eigenvalue weighted by Crippen LogP contribution is -2.01. The number of nitrogens with zero attached hydrogens (tertiary/aromatic N) is 2. The van der Waals surface area contributed by atoms with Gasteiger partial charge in [-0.15, -0.1) is 11.3 Å². The van der Waals surface area contributed by atoms with Crippen LogP contribution >= 0.6 is 27.3 Å². The summed E-state index contributed by atoms with van der Waals surface area (Å²) in [4.78, 5) is 5.45. The van der Waals surface area contributed by atoms with Crippen molar-refractivity contribution in [1.29, 1.82) is 5.26 Å². The van der Waals surface area contributed by atoms with Gasteiger partial charge in [0.2, 0.25) is 0 Å². The van der Waals surface area contributed by atoms with Crippen LogP contribution in [0.4, 0.5) is 0 Å². The Kier molecular flexibility index (Phi) is 4.34. The summed E-state index contributed by atoms with van der Waals surface area (Å²) < 4.78 is 6.41. The molecule has 3 nitrogen and oxygen atoms in total. The van der Waals surface area contributed by atoms with Gasteiger partial charge in [0, 0.05) is 15.8 Å². The molecule has 0 atom stereocenters. The second-order valence-corrected chi connectivity index (χ2v) is 5.51. The maximum atomic E-state index is 8.81. The molecule has 0 aliphatic carbocycles. The molecule has 0 spiro atoms. The largest absolute Gasteiger partial charge is 0.493 e. The Morgan fingerprint density at radius 3 is 2.94 bits per heavy atom. The summed E-state index contributed by atoms with van der Waals surface area (Å²) in [6.07, 6.45) is 0.855. The Morgan fingerprint density at radius 2 is 2.33 bits per heavy atom. The first-order valence-corrected chi connectivity index (χ1v) is 7.09. The predicted molar refractivity (Wildman–Crippen MR) is 74.9 cm³/mol. The molecule has 0 saturated carbocycles. The summed E-state index contributed by atoms with van der Waals surface area (Å²) in [5, 5.41) is 8.81. The summed E-state index contributed by atoms with van der Waals surface area (Å²) in [5.74, 6) is 0.767. The molecule has 0 fully saturated rings. The molecule has 0 aliphatic heterocycles. The minimum absolute atomic E-state index is 0.612. The maximum absolute atomic E-state index is 8.81. The van der Waals surface area contributed by atoms with Crippen LogP contribution in [0.1, 0.15) is 16.1 Å². The summed E-state index contributed by atoms with van der Waals surface area (Å²) in [5.41, 5.74) is 3.54. The lowest BCUT2D eigenvalue weighted by molar-refractivity contribution is 0.322. The molecule has 1 heterocycles. The Bertz CT molecular complexity index is 589. The number of hydrogen-bond acceptors (Lipinski definition) is 4. The number of halogens is 1. The summed E-state index contributed by atoms with van der Waals surface area (Å²) in [7, 11) is 0. The lowest BCUT2D eigenvalue weighted by Gasteiger charge is -2.06. The van der Waals surface area contributed by atoms with E-state index in [0.29, 0.717) is 12.2 Å². The SMILES string of the molecule is Cc1ncsc1CCOc1ccc(C#N)c(Br)c1. The topological polar surface area (TPSA) is 45.9 Å². The zero-order valence-corrected chi connectivity index (χ0v) is 12.2. The number of aryl methyl sites for hydroxylation is 1. The molecule has 2 rings (SSSR count). The van der Waals surface area contributed by atoms with Gasteiger partial charge in [0.05, 0.1) is 23.4 Å². The fourth-order valence-corrected chi connectivity index (χ4v) is 2.71. The minimum atomic E-state index is 0.612. The molecule has 0 radical (unpaired) electrons. The molecule has 0 N–H and O–H groups in total. The standard InChI is InChI=1S/C13H11BrN2OS/c1-9-13(18-8-16-9)4-5-17-11-3-2-10(7-15)12(14)6-11/h2-3,6,8H,4-5H2,1H3. The third kappa shape index (κ3) is 3.09. The van der Waals surface area contributed by atoms with Gasteiger partial charge in [0.15, 0.2) is 0 Å². The number of rotatable bonds is 4. The molecule has 92 valence electrons. The molecular formula is C13H11BrN2OS. The van der Waals surface area contributed by atoms with Crippen molar-refractivity contribution in [2.45, 2.75) is 13.3 Å². The van der Waals surface area contributed by atoms with Gasteiger partial charge in [-0.05, 0) is 41.1 Å². The molecule has 18 heavy (non-hydrogen) atoms. The highest BCUT2D eigenvalue weighted by atomic mass is 79.9. The van der Waals surface area contributed by atoms with Crippen LogP contribution in [0.2, 0.25) is 0 Å². The van der Waals surface area contributed by atoms with Crippen LogP contribution < -0.4 is 4.74 Å². The van der Waals surface area contributed by atoms with Crippen LogP contribution in [-0.2, 0) is 6.42 Å². The highest BCUT2D eigenvalue weighted by molar-refractivity contribution is 9.10. The monoisotopic (exact) mass is 322 g/mol. The Morgan fingerprint density at radius 1 is 1.50 bits per heavy atom. The second kappa shape index (κ2) is 5.98. The molecule has 0 aliphatic rings. The number of hydrogen-bond donors (Lipinski definition) is 0. The van der Waals surface area contributed by atoms with E-state index in [1.54, 1.807) is 17.4 Å². The lowest BCUT2D eigenvalue weighted by atomic mass is 10.2. The highest BCUT2D eigenvalue weighted by Gasteiger charge is 2.04. The van der Waals surface area contributed by atoms with Gasteiger partial charge in [-0.2, -0.15) is 5.26 Å². The van der Waals surface area contributed by atoms with Gasteiger partial charge in [-0.3, -0.25) is 0 Å². The van der Waals surface area contributed by atoms with Crippen molar-refractivity contribution >= 4 is 27.3 Å². The van der Waals surface area contributed by atoms with E-state index < -0.39 is 0 Å². The third-order valence-electron chi connectivity index (χ3n) is 2.50. The van der Waals surface area contributed by atoms with Gasteiger partial charge < -0.3 is 4.74 Å². The normalized spacial score (nSPS) is 10.1. The van der Waals surface area contributed by atoms with Crippen LogP contribution in [-0.4, -0.2) is 11.6 Å². The third-order valence-corrected chi connectivity index (χ3v) is 4.15. The fourth-order valence-electron chi connectivity index (χ4n) is 1.50. The highest BCUT2D eigenvalue weighted by Crippen LogP contribution is 2.22. The maximum Gasteiger partial charge on any atom is 0.120 e. The first-order valence-electron chi connectivity index (χ1n) is 5.42. The zero-order chi connectivity index (χ0) is 13.0. The molecule has 0 saturated heterocycles. The van der Waals surface area contributed by atoms with Crippen molar-refractivity contribution in [3.8, 4) is 11.8 Å². The second-order valence-electron chi connectivity index (χ2n) is 3.71. The van der Waals surface area contributed by atoms with Crippen molar-refractivity contribution in [1.82, 2.24) is 4.98 Å². The molecule has 1 aromatic carbocycles. The van der Waals surface area contributed by atoms with Gasteiger partial charge in [-0.1, -0.05) is 0 Å². The molecule has 0 bridgehead atoms. The van der Waals surface area contributed by atoms with Crippen molar-refractivity contribution in [3.05, 3.63) is 44.3 Å². The van der Waals surface area contributed by atoms with Crippen molar-refractivity contribution < 1.29 is 4.74 Å². The number of aromatic nitrogens is 1. The molecule has 0 unspecified atom stereocenters. The van der Waals surface area contributed by atoms with E-state index in [9.17, 15) is 0 Å². The summed E-state index contributed by atoms with van der Waals surface area (Å²) in [6.45, 7) is 2.62. The van der Waals surface area contributed by atoms with Crippen LogP contribution in [0.25, 0.3) is 0 Å². The molecule has 2 aromatic rings. The number of nitriles is 1. The van der Waals surface area contributed by atoms with E-state index in [2.05, 4.69) is 27.0 Å². The van der Waals surface area contributed by atoms with E-state index >= 15 is 0 Å². The Labute approximate surface area is 118 Å². The quantitative estimate of drug-likeness (QED) is 0.862. The van der Waals surface area contributed by atoms with E-state index in [1.807, 2.05) is 24.6 Å². The summed E-state index contributed by atoms with van der Waals surface area (Å²) >= 11 is 4.99. The number of thiazole rings is 1. The van der Waals surface area contributed by atoms with E-state index in [-0.39, 0.29) is 0 Å². The van der Waals surface area contributed by atoms with E-state index in [4.69, 9.17) is 10.00 Å². The molecular weight excluding hydrogens is 312 g/mol. The molecule has 5 heteroatoms. The van der Waals surface area contributed by atoms with Gasteiger partial charge in [-0.25, -0.2) is 4.98 Å². The van der Waals surface area contributed by atoms with E-state index in [1.165, 1.54) is 4.88 Å². The Balaban J connectivity index is 1.93. The van der Waals surface area contributed by atoms with E-state index in [0.717, 1.165) is 22.3 Å². The number of benzene rings is 1. The van der Waals surface area contributed by atoms with Gasteiger partial charge in [0.1, 0.15) is 11.8 Å². The van der Waals surface area contributed by atoms with Gasteiger partial charge in [0.25, 0.3) is 0 Å². The molecule has 0 amide bonds. The fraction of sp³-hybridized carbons (Fsp3) is 0.231. The van der Waals surface area contributed by atoms with Crippen LogP contribution in [0.15, 0.2) is 28.2 Å². The number of ether oxygens (including phenoxy) is 1. The van der Waals surface area contributed by atoms with Crippen LogP contribution in [0.5, 0.6) is 5.75 Å². The average molecular weight is 323 g/mol. The first kappa shape index (κ1) is 13.1. The van der Waals surface area contributed by atoms with Crippen molar-refractivity contribution in [2.24, 2.45) is 0 Å². The van der Waals surface area contributed by atoms with Crippen molar-refractivity contribution in [3.63, 3.8) is 0 Å². The predicted octanol–water partition coefficient (Wildman–Crippen LogP) is 3.71. The smallest absolute Gasteiger partial charge is 0.120 e. The Hall–Kier alpha value is -1.38.